The molecule has 1 N–H and O–H groups in total. The molecule has 2 amide bonds. The molecule has 4 rings (SSSR count). The van der Waals surface area contributed by atoms with Crippen molar-refractivity contribution in [3.63, 3.8) is 0 Å². The molecule has 1 aromatic carbocycles. The van der Waals surface area contributed by atoms with Crippen LogP contribution in [0.25, 0.3) is 0 Å². The van der Waals surface area contributed by atoms with Crippen LogP contribution in [0, 0.1) is 12.8 Å². The molecule has 166 valence electrons. The summed E-state index contributed by atoms with van der Waals surface area (Å²) in [5.74, 6) is 1.31. The fourth-order valence-corrected chi connectivity index (χ4v) is 6.18. The van der Waals surface area contributed by atoms with Crippen molar-refractivity contribution in [1.29, 1.82) is 0 Å². The van der Waals surface area contributed by atoms with Gasteiger partial charge in [-0.1, -0.05) is 31.4 Å². The number of amides is 2. The normalized spacial score (nSPS) is 18.2. The average molecular weight is 458 g/mol. The Kier molecular flexibility index (Phi) is 7.67. The molecule has 0 unspecified atom stereocenters. The highest BCUT2D eigenvalue weighted by molar-refractivity contribution is 7.98. The van der Waals surface area contributed by atoms with Gasteiger partial charge in [0.05, 0.1) is 16.3 Å². The zero-order valence-electron chi connectivity index (χ0n) is 18.1. The number of nitrogens with zero attached hydrogens (tertiary/aromatic N) is 2. The number of hydrogen-bond donors (Lipinski definition) is 1. The van der Waals surface area contributed by atoms with Crippen LogP contribution in [0.4, 0.5) is 0 Å². The lowest BCUT2D eigenvalue weighted by molar-refractivity contribution is -0.137. The van der Waals surface area contributed by atoms with Crippen LogP contribution in [0.3, 0.4) is 0 Å². The van der Waals surface area contributed by atoms with Crippen molar-refractivity contribution in [3.8, 4) is 0 Å². The standard InChI is InChI=1S/C24H31N3O2S2/c1-17-25-20(15-30-17)16-31-22-10-6-5-9-21(22)23(28)26-19-11-13-27(14-12-19)24(29)18-7-3-2-4-8-18/h5-6,9-10,15,18-19H,2-4,7-8,11-14,16H2,1H3,(H,26,28). The number of aromatic nitrogens is 1. The quantitative estimate of drug-likeness (QED) is 0.617. The highest BCUT2D eigenvalue weighted by atomic mass is 32.2. The first-order chi connectivity index (χ1) is 15.1. The third kappa shape index (κ3) is 5.89. The van der Waals surface area contributed by atoms with Crippen LogP contribution < -0.4 is 5.32 Å². The molecule has 7 heteroatoms. The summed E-state index contributed by atoms with van der Waals surface area (Å²) in [6, 6.07) is 7.91. The number of benzene rings is 1. The first-order valence-electron chi connectivity index (χ1n) is 11.3. The molecule has 0 bridgehead atoms. The number of piperidine rings is 1. The van der Waals surface area contributed by atoms with Gasteiger partial charge < -0.3 is 10.2 Å². The van der Waals surface area contributed by atoms with Crippen molar-refractivity contribution in [3.05, 3.63) is 45.9 Å². The number of likely N-dealkylation sites (tertiary alicyclic amines) is 1. The second kappa shape index (κ2) is 10.6. The fraction of sp³-hybridized carbons (Fsp3) is 0.542. The molecule has 2 aliphatic rings. The average Bonchev–Trinajstić information content (AvgIpc) is 3.23. The van der Waals surface area contributed by atoms with Gasteiger partial charge in [0.2, 0.25) is 5.91 Å². The number of thioether (sulfide) groups is 1. The van der Waals surface area contributed by atoms with Crippen molar-refractivity contribution in [2.75, 3.05) is 13.1 Å². The Morgan fingerprint density at radius 1 is 1.13 bits per heavy atom. The lowest BCUT2D eigenvalue weighted by atomic mass is 9.87. The van der Waals surface area contributed by atoms with E-state index in [-0.39, 0.29) is 17.9 Å². The van der Waals surface area contributed by atoms with Gasteiger partial charge in [-0.3, -0.25) is 9.59 Å². The van der Waals surface area contributed by atoms with Gasteiger partial charge in [0, 0.05) is 41.1 Å². The molecule has 1 saturated carbocycles. The van der Waals surface area contributed by atoms with E-state index in [2.05, 4.69) is 15.7 Å². The molecule has 2 heterocycles. The monoisotopic (exact) mass is 457 g/mol. The van der Waals surface area contributed by atoms with Gasteiger partial charge in [-0.2, -0.15) is 0 Å². The summed E-state index contributed by atoms with van der Waals surface area (Å²) in [4.78, 5) is 33.3. The fourth-order valence-electron chi connectivity index (χ4n) is 4.52. The maximum Gasteiger partial charge on any atom is 0.252 e. The van der Waals surface area contributed by atoms with Crippen LogP contribution >= 0.6 is 23.1 Å². The van der Waals surface area contributed by atoms with Crippen LogP contribution in [0.1, 0.15) is 66.0 Å². The van der Waals surface area contributed by atoms with E-state index in [0.29, 0.717) is 5.91 Å². The van der Waals surface area contributed by atoms with Crippen LogP contribution in [0.5, 0.6) is 0 Å². The number of nitrogens with one attached hydrogen (secondary N) is 1. The van der Waals surface area contributed by atoms with E-state index in [1.165, 1.54) is 19.3 Å². The topological polar surface area (TPSA) is 62.3 Å². The number of aryl methyl sites for hydroxylation is 1. The van der Waals surface area contributed by atoms with Crippen LogP contribution in [-0.4, -0.2) is 40.8 Å². The van der Waals surface area contributed by atoms with Gasteiger partial charge in [-0.05, 0) is 44.7 Å². The van der Waals surface area contributed by atoms with E-state index >= 15 is 0 Å². The molecular formula is C24H31N3O2S2. The van der Waals surface area contributed by atoms with Crippen molar-refractivity contribution in [1.82, 2.24) is 15.2 Å². The molecule has 1 aromatic heterocycles. The summed E-state index contributed by atoms with van der Waals surface area (Å²) >= 11 is 3.31. The summed E-state index contributed by atoms with van der Waals surface area (Å²) in [6.45, 7) is 3.51. The Bertz CT molecular complexity index is 900. The molecule has 1 aliphatic heterocycles. The van der Waals surface area contributed by atoms with Crippen molar-refractivity contribution < 1.29 is 9.59 Å². The molecule has 0 spiro atoms. The smallest absolute Gasteiger partial charge is 0.252 e. The Morgan fingerprint density at radius 2 is 1.87 bits per heavy atom. The number of hydrogen-bond acceptors (Lipinski definition) is 5. The second-order valence-corrected chi connectivity index (χ2v) is 10.6. The van der Waals surface area contributed by atoms with E-state index in [9.17, 15) is 9.59 Å². The molecule has 0 radical (unpaired) electrons. The lowest BCUT2D eigenvalue weighted by Crippen LogP contribution is -2.48. The number of carbonyl (C=O) groups is 2. The Balaban J connectivity index is 1.29. The van der Waals surface area contributed by atoms with Gasteiger partial charge in [0.25, 0.3) is 5.91 Å². The Hall–Kier alpha value is -1.86. The number of thiazole rings is 1. The van der Waals surface area contributed by atoms with Gasteiger partial charge in [0.15, 0.2) is 0 Å². The molecule has 2 fully saturated rings. The maximum absolute atomic E-state index is 13.0. The van der Waals surface area contributed by atoms with Gasteiger partial charge in [-0.25, -0.2) is 4.98 Å². The van der Waals surface area contributed by atoms with E-state index in [4.69, 9.17) is 0 Å². The molecule has 2 aromatic rings. The summed E-state index contributed by atoms with van der Waals surface area (Å²) in [7, 11) is 0. The van der Waals surface area contributed by atoms with Crippen LogP contribution in [0.15, 0.2) is 34.5 Å². The predicted molar refractivity (Wildman–Crippen MR) is 126 cm³/mol. The Labute approximate surface area is 193 Å². The van der Waals surface area contributed by atoms with E-state index < -0.39 is 0 Å². The minimum atomic E-state index is -0.0189. The first kappa shape index (κ1) is 22.3. The largest absolute Gasteiger partial charge is 0.349 e. The molecule has 5 nitrogen and oxygen atoms in total. The summed E-state index contributed by atoms with van der Waals surface area (Å²) in [5.41, 5.74) is 1.78. The third-order valence-electron chi connectivity index (χ3n) is 6.27. The maximum atomic E-state index is 13.0. The minimum absolute atomic E-state index is 0.0189. The van der Waals surface area contributed by atoms with E-state index in [1.807, 2.05) is 36.1 Å². The molecule has 1 saturated heterocycles. The molecule has 31 heavy (non-hydrogen) atoms. The molecule has 0 atom stereocenters. The van der Waals surface area contributed by atoms with Gasteiger partial charge >= 0.3 is 0 Å². The molecular weight excluding hydrogens is 426 g/mol. The number of rotatable bonds is 6. The van der Waals surface area contributed by atoms with Crippen molar-refractivity contribution >= 4 is 34.9 Å². The summed E-state index contributed by atoms with van der Waals surface area (Å²) in [6.07, 6.45) is 7.38. The van der Waals surface area contributed by atoms with Crippen molar-refractivity contribution in [2.24, 2.45) is 5.92 Å². The Morgan fingerprint density at radius 3 is 2.58 bits per heavy atom. The zero-order chi connectivity index (χ0) is 21.6. The molecule has 1 aliphatic carbocycles. The third-order valence-corrected chi connectivity index (χ3v) is 8.20. The minimum Gasteiger partial charge on any atom is -0.349 e. The first-order valence-corrected chi connectivity index (χ1v) is 13.2. The van der Waals surface area contributed by atoms with E-state index in [0.717, 1.165) is 65.7 Å². The second-order valence-electron chi connectivity index (χ2n) is 8.55. The van der Waals surface area contributed by atoms with E-state index in [1.54, 1.807) is 23.1 Å². The van der Waals surface area contributed by atoms with Crippen molar-refractivity contribution in [2.45, 2.75) is 68.6 Å². The van der Waals surface area contributed by atoms with Gasteiger partial charge in [-0.15, -0.1) is 23.1 Å². The van der Waals surface area contributed by atoms with Crippen LogP contribution in [-0.2, 0) is 10.5 Å². The van der Waals surface area contributed by atoms with Crippen LogP contribution in [0.2, 0.25) is 0 Å². The highest BCUT2D eigenvalue weighted by Crippen LogP contribution is 2.28. The predicted octanol–water partition coefficient (Wildman–Crippen LogP) is 5.04. The number of carbonyl (C=O) groups excluding carboxylic acids is 2. The zero-order valence-corrected chi connectivity index (χ0v) is 19.8. The SMILES string of the molecule is Cc1nc(CSc2ccccc2C(=O)NC2CCN(C(=O)C3CCCCC3)CC2)cs1. The summed E-state index contributed by atoms with van der Waals surface area (Å²) < 4.78 is 0. The lowest BCUT2D eigenvalue weighted by Gasteiger charge is -2.35. The summed E-state index contributed by atoms with van der Waals surface area (Å²) in [5, 5.41) is 6.35. The van der Waals surface area contributed by atoms with Gasteiger partial charge in [0.1, 0.15) is 0 Å². The highest BCUT2D eigenvalue weighted by Gasteiger charge is 2.29.